The maximum absolute atomic E-state index is 14.4. The second kappa shape index (κ2) is 10.3. The van der Waals surface area contributed by atoms with Crippen LogP contribution < -0.4 is 15.4 Å². The average Bonchev–Trinajstić information content (AvgIpc) is 3.23. The highest BCUT2D eigenvalue weighted by molar-refractivity contribution is 6.31. The van der Waals surface area contributed by atoms with Crippen molar-refractivity contribution < 1.29 is 18.3 Å². The Balaban J connectivity index is 1.66. The zero-order valence-electron chi connectivity index (χ0n) is 18.7. The third-order valence-corrected chi connectivity index (χ3v) is 5.98. The number of ether oxygens (including phenoxy) is 1. The molecule has 0 aliphatic carbocycles. The first kappa shape index (κ1) is 23.8. The smallest absolute Gasteiger partial charge is 0.248 e. The summed E-state index contributed by atoms with van der Waals surface area (Å²) in [6.07, 6.45) is 6.82. The summed E-state index contributed by atoms with van der Waals surface area (Å²) >= 11 is 5.69. The van der Waals surface area contributed by atoms with Gasteiger partial charge in [0.25, 0.3) is 0 Å². The quantitative estimate of drug-likeness (QED) is 0.348. The summed E-state index contributed by atoms with van der Waals surface area (Å²) in [5, 5.41) is 5.56. The minimum absolute atomic E-state index is 0.0468. The molecule has 0 saturated carbocycles. The summed E-state index contributed by atoms with van der Waals surface area (Å²) in [7, 11) is 2.03. The van der Waals surface area contributed by atoms with Crippen molar-refractivity contribution in [2.45, 2.75) is 25.8 Å². The molecule has 1 amide bonds. The topological polar surface area (TPSA) is 79.4 Å². The van der Waals surface area contributed by atoms with E-state index in [1.54, 1.807) is 12.1 Å². The van der Waals surface area contributed by atoms with Crippen molar-refractivity contribution in [3.63, 3.8) is 0 Å². The van der Waals surface area contributed by atoms with E-state index in [9.17, 15) is 13.6 Å². The number of nitrogens with one attached hydrogen (secondary N) is 2. The fourth-order valence-corrected chi connectivity index (χ4v) is 4.02. The van der Waals surface area contributed by atoms with Crippen LogP contribution in [0, 0.1) is 11.6 Å². The van der Waals surface area contributed by atoms with E-state index in [1.165, 1.54) is 18.5 Å². The van der Waals surface area contributed by atoms with Gasteiger partial charge in [0, 0.05) is 23.6 Å². The Kier molecular flexibility index (Phi) is 7.23. The molecule has 10 heteroatoms. The highest BCUT2D eigenvalue weighted by Gasteiger charge is 2.19. The Morgan fingerprint density at radius 2 is 2.12 bits per heavy atom. The minimum Gasteiger partial charge on any atom is -0.492 e. The van der Waals surface area contributed by atoms with Crippen LogP contribution in [0.3, 0.4) is 0 Å². The summed E-state index contributed by atoms with van der Waals surface area (Å²) in [4.78, 5) is 23.3. The van der Waals surface area contributed by atoms with Gasteiger partial charge >= 0.3 is 0 Å². The van der Waals surface area contributed by atoms with Gasteiger partial charge in [-0.3, -0.25) is 9.69 Å². The Hall–Kier alpha value is -3.30. The van der Waals surface area contributed by atoms with Crippen LogP contribution in [-0.2, 0) is 4.79 Å². The van der Waals surface area contributed by atoms with Gasteiger partial charge in [0.1, 0.15) is 28.7 Å². The van der Waals surface area contributed by atoms with Gasteiger partial charge in [-0.05, 0) is 51.6 Å². The Morgan fingerprint density at radius 3 is 2.85 bits per heavy atom. The zero-order valence-corrected chi connectivity index (χ0v) is 19.5. The van der Waals surface area contributed by atoms with E-state index in [-0.39, 0.29) is 23.5 Å². The number of carbonyl (C=O) groups is 1. The van der Waals surface area contributed by atoms with E-state index in [2.05, 4.69) is 25.5 Å². The molecular formula is C24H24ClF2N5O2. The molecule has 1 fully saturated rings. The highest BCUT2D eigenvalue weighted by Crippen LogP contribution is 2.34. The fraction of sp³-hybridized carbons (Fsp3) is 0.292. The molecular weight excluding hydrogens is 464 g/mol. The molecule has 0 radical (unpaired) electrons. The predicted molar refractivity (Wildman–Crippen MR) is 129 cm³/mol. The SMILES string of the molecule is CCOc1cc2ncnc(Nc3ccc(F)c(Cl)c3F)c2cc1NC(=O)/C=C/[C@H]1CCCN1C. The van der Waals surface area contributed by atoms with Crippen molar-refractivity contribution in [3.8, 4) is 5.75 Å². The molecule has 1 aromatic heterocycles. The number of aromatic nitrogens is 2. The Morgan fingerprint density at radius 1 is 1.29 bits per heavy atom. The number of hydrogen-bond donors (Lipinski definition) is 2. The zero-order chi connectivity index (χ0) is 24.2. The molecule has 178 valence electrons. The number of nitrogens with zero attached hydrogens (tertiary/aromatic N) is 3. The molecule has 2 N–H and O–H groups in total. The van der Waals surface area contributed by atoms with Crippen LogP contribution in [0.25, 0.3) is 10.9 Å². The maximum Gasteiger partial charge on any atom is 0.248 e. The molecule has 1 aliphatic heterocycles. The van der Waals surface area contributed by atoms with Gasteiger partial charge in [-0.25, -0.2) is 18.7 Å². The standard InChI is InChI=1S/C24H24ClF2N5O2/c1-3-34-20-12-18-15(11-19(20)30-21(33)9-6-14-5-4-10-32(14)2)24(29-13-28-18)31-17-8-7-16(26)22(25)23(17)27/h6-9,11-14H,3-5,10H2,1-2H3,(H,30,33)(H,28,29,31)/b9-6+/t14-/m1/s1. The molecule has 7 nitrogen and oxygen atoms in total. The van der Waals surface area contributed by atoms with Crippen LogP contribution in [0.15, 0.2) is 42.7 Å². The van der Waals surface area contributed by atoms with Crippen molar-refractivity contribution in [1.29, 1.82) is 0 Å². The lowest BCUT2D eigenvalue weighted by Gasteiger charge is -2.16. The van der Waals surface area contributed by atoms with Gasteiger partial charge in [0.15, 0.2) is 5.82 Å². The number of likely N-dealkylation sites (N-methyl/N-ethyl adjacent to an activating group) is 1. The summed E-state index contributed by atoms with van der Waals surface area (Å²) in [6.45, 7) is 3.22. The summed E-state index contributed by atoms with van der Waals surface area (Å²) < 4.78 is 33.7. The second-order valence-electron chi connectivity index (χ2n) is 7.91. The molecule has 2 heterocycles. The number of carbonyl (C=O) groups excluding carboxylic acids is 1. The molecule has 1 atom stereocenters. The van der Waals surface area contributed by atoms with Gasteiger partial charge in [-0.2, -0.15) is 0 Å². The van der Waals surface area contributed by atoms with Gasteiger partial charge in [0.05, 0.1) is 23.5 Å². The molecule has 3 aromatic rings. The molecule has 0 unspecified atom stereocenters. The lowest BCUT2D eigenvalue weighted by Crippen LogP contribution is -2.23. The Bertz CT molecular complexity index is 1250. The van der Waals surface area contributed by atoms with Crippen LogP contribution in [0.2, 0.25) is 5.02 Å². The van der Waals surface area contributed by atoms with Crippen LogP contribution in [0.1, 0.15) is 19.8 Å². The van der Waals surface area contributed by atoms with Crippen molar-refractivity contribution in [2.24, 2.45) is 0 Å². The molecule has 2 aromatic carbocycles. The fourth-order valence-electron chi connectivity index (χ4n) is 3.86. The first-order chi connectivity index (χ1) is 16.4. The van der Waals surface area contributed by atoms with Crippen LogP contribution in [0.4, 0.5) is 26.0 Å². The highest BCUT2D eigenvalue weighted by atomic mass is 35.5. The van der Waals surface area contributed by atoms with Crippen LogP contribution in [-0.4, -0.2) is 47.0 Å². The second-order valence-corrected chi connectivity index (χ2v) is 8.29. The number of amides is 1. The molecule has 0 bridgehead atoms. The van der Waals surface area contributed by atoms with Crippen molar-refractivity contribution >= 4 is 45.6 Å². The predicted octanol–water partition coefficient (Wildman–Crippen LogP) is 5.29. The number of fused-ring (bicyclic) bond motifs is 1. The average molecular weight is 488 g/mol. The van der Waals surface area contributed by atoms with Crippen molar-refractivity contribution in [3.05, 3.63) is 59.4 Å². The van der Waals surface area contributed by atoms with Gasteiger partial charge in [-0.1, -0.05) is 17.7 Å². The van der Waals surface area contributed by atoms with Gasteiger partial charge in [-0.15, -0.1) is 0 Å². The van der Waals surface area contributed by atoms with E-state index in [1.807, 2.05) is 20.0 Å². The van der Waals surface area contributed by atoms with Gasteiger partial charge < -0.3 is 15.4 Å². The number of halogens is 3. The summed E-state index contributed by atoms with van der Waals surface area (Å²) in [6, 6.07) is 5.84. The third kappa shape index (κ3) is 5.10. The number of hydrogen-bond acceptors (Lipinski definition) is 6. The number of likely N-dealkylation sites (tertiary alicyclic amines) is 1. The number of benzene rings is 2. The largest absolute Gasteiger partial charge is 0.492 e. The lowest BCUT2D eigenvalue weighted by atomic mass is 10.1. The van der Waals surface area contributed by atoms with Crippen molar-refractivity contribution in [1.82, 2.24) is 14.9 Å². The van der Waals surface area contributed by atoms with E-state index >= 15 is 0 Å². The van der Waals surface area contributed by atoms with E-state index in [4.69, 9.17) is 16.3 Å². The van der Waals surface area contributed by atoms with Crippen molar-refractivity contribution in [2.75, 3.05) is 30.8 Å². The number of anilines is 3. The first-order valence-electron chi connectivity index (χ1n) is 10.9. The molecule has 1 saturated heterocycles. The first-order valence-corrected chi connectivity index (χ1v) is 11.3. The molecule has 0 spiro atoms. The van der Waals surface area contributed by atoms with E-state index < -0.39 is 16.7 Å². The van der Waals surface area contributed by atoms with Crippen LogP contribution >= 0.6 is 11.6 Å². The third-order valence-electron chi connectivity index (χ3n) is 5.63. The van der Waals surface area contributed by atoms with Gasteiger partial charge in [0.2, 0.25) is 5.91 Å². The minimum atomic E-state index is -0.935. The Labute approximate surface area is 200 Å². The summed E-state index contributed by atoms with van der Waals surface area (Å²) in [5.74, 6) is -1.40. The normalized spacial score (nSPS) is 16.3. The summed E-state index contributed by atoms with van der Waals surface area (Å²) in [5.41, 5.74) is 0.879. The number of rotatable bonds is 7. The molecule has 1 aliphatic rings. The molecule has 34 heavy (non-hydrogen) atoms. The van der Waals surface area contributed by atoms with E-state index in [0.717, 1.165) is 25.5 Å². The lowest BCUT2D eigenvalue weighted by molar-refractivity contribution is -0.112. The maximum atomic E-state index is 14.4. The van der Waals surface area contributed by atoms with Crippen LogP contribution in [0.5, 0.6) is 5.75 Å². The molecule has 4 rings (SSSR count). The monoisotopic (exact) mass is 487 g/mol. The van der Waals surface area contributed by atoms with E-state index in [0.29, 0.717) is 28.9 Å².